The molecule has 0 saturated carbocycles. The van der Waals surface area contributed by atoms with Crippen molar-refractivity contribution in [2.75, 3.05) is 13.7 Å². The molecule has 0 aliphatic carbocycles. The monoisotopic (exact) mass is 300 g/mol. The number of ether oxygens (including phenoxy) is 2. The first-order valence-electron chi connectivity index (χ1n) is 6.81. The van der Waals surface area contributed by atoms with E-state index in [1.807, 2.05) is 0 Å². The molecule has 2 rings (SSSR count). The molecule has 0 radical (unpaired) electrons. The highest BCUT2D eigenvalue weighted by Gasteiger charge is 2.28. The number of amides is 2. The first-order chi connectivity index (χ1) is 9.97. The number of hydrogen-bond donors (Lipinski definition) is 2. The molecular weight excluding hydrogens is 280 g/mol. The van der Waals surface area contributed by atoms with Gasteiger partial charge in [-0.15, -0.1) is 0 Å². The smallest absolute Gasteiger partial charge is 0.328 e. The van der Waals surface area contributed by atoms with E-state index >= 15 is 0 Å². The maximum atomic E-state index is 11.0. The first-order valence-corrected chi connectivity index (χ1v) is 6.81. The number of esters is 2. The van der Waals surface area contributed by atoms with E-state index in [1.54, 1.807) is 6.92 Å². The van der Waals surface area contributed by atoms with Crippen LogP contribution >= 0.6 is 0 Å². The lowest BCUT2D eigenvalue weighted by molar-refractivity contribution is -0.146. The Hall–Kier alpha value is -2.12. The van der Waals surface area contributed by atoms with Gasteiger partial charge in [0.25, 0.3) is 0 Å². The summed E-state index contributed by atoms with van der Waals surface area (Å²) in [6.45, 7) is 2.11. The van der Waals surface area contributed by atoms with Crippen molar-refractivity contribution in [1.82, 2.24) is 10.6 Å². The number of carbonyl (C=O) groups is 4. The summed E-state index contributed by atoms with van der Waals surface area (Å²) >= 11 is 0. The summed E-state index contributed by atoms with van der Waals surface area (Å²) in [6, 6.07) is -0.806. The average molecular weight is 300 g/mol. The second-order valence-corrected chi connectivity index (χ2v) is 4.59. The van der Waals surface area contributed by atoms with Crippen LogP contribution in [0.25, 0.3) is 0 Å². The second kappa shape index (κ2) is 8.23. The molecule has 2 amide bonds. The molecule has 0 aromatic carbocycles. The second-order valence-electron chi connectivity index (χ2n) is 4.59. The third kappa shape index (κ3) is 5.41. The maximum Gasteiger partial charge on any atom is 0.328 e. The summed E-state index contributed by atoms with van der Waals surface area (Å²) < 4.78 is 9.15. The zero-order valence-electron chi connectivity index (χ0n) is 12.1. The van der Waals surface area contributed by atoms with Crippen LogP contribution in [-0.2, 0) is 28.7 Å². The van der Waals surface area contributed by atoms with E-state index in [2.05, 4.69) is 15.4 Å². The Morgan fingerprint density at radius 3 is 1.86 bits per heavy atom. The molecule has 2 N–H and O–H groups in total. The molecule has 8 heteroatoms. The molecule has 0 bridgehead atoms. The highest BCUT2D eigenvalue weighted by Crippen LogP contribution is 2.07. The maximum absolute atomic E-state index is 11.0. The van der Waals surface area contributed by atoms with E-state index < -0.39 is 12.1 Å². The predicted octanol–water partition coefficient (Wildman–Crippen LogP) is -0.734. The van der Waals surface area contributed by atoms with E-state index in [0.717, 1.165) is 0 Å². The van der Waals surface area contributed by atoms with Gasteiger partial charge in [0.05, 0.1) is 13.7 Å². The summed E-state index contributed by atoms with van der Waals surface area (Å²) in [4.78, 5) is 42.9. The topological polar surface area (TPSA) is 111 Å². The van der Waals surface area contributed by atoms with E-state index in [9.17, 15) is 19.2 Å². The van der Waals surface area contributed by atoms with Gasteiger partial charge in [0, 0.05) is 12.8 Å². The van der Waals surface area contributed by atoms with E-state index in [0.29, 0.717) is 32.3 Å². The third-order valence-corrected chi connectivity index (χ3v) is 3.05. The van der Waals surface area contributed by atoms with E-state index in [-0.39, 0.29) is 23.8 Å². The van der Waals surface area contributed by atoms with Crippen molar-refractivity contribution in [3.8, 4) is 0 Å². The van der Waals surface area contributed by atoms with Gasteiger partial charge in [0.1, 0.15) is 12.1 Å². The van der Waals surface area contributed by atoms with E-state index in [4.69, 9.17) is 4.74 Å². The average Bonchev–Trinajstić information content (AvgIpc) is 3.08. The molecule has 118 valence electrons. The number of nitrogens with one attached hydrogen (secondary N) is 2. The van der Waals surface area contributed by atoms with Crippen molar-refractivity contribution < 1.29 is 28.7 Å². The molecule has 2 saturated heterocycles. The molecule has 2 aliphatic heterocycles. The lowest BCUT2D eigenvalue weighted by atomic mass is 10.2. The third-order valence-electron chi connectivity index (χ3n) is 3.05. The normalized spacial score (nSPS) is 23.5. The highest BCUT2D eigenvalue weighted by molar-refractivity contribution is 5.88. The summed E-state index contributed by atoms with van der Waals surface area (Å²) in [5.74, 6) is -0.817. The Kier molecular flexibility index (Phi) is 6.64. The fourth-order valence-corrected chi connectivity index (χ4v) is 1.97. The molecular formula is C13H20N2O6. The predicted molar refractivity (Wildman–Crippen MR) is 71.0 cm³/mol. The van der Waals surface area contributed by atoms with Crippen molar-refractivity contribution in [1.29, 1.82) is 0 Å². The van der Waals surface area contributed by atoms with Crippen molar-refractivity contribution in [2.45, 2.75) is 44.7 Å². The van der Waals surface area contributed by atoms with Crippen LogP contribution in [-0.4, -0.2) is 49.6 Å². The van der Waals surface area contributed by atoms with Gasteiger partial charge >= 0.3 is 11.9 Å². The molecule has 2 aliphatic rings. The quantitative estimate of drug-likeness (QED) is 0.665. The zero-order valence-corrected chi connectivity index (χ0v) is 12.1. The lowest BCUT2D eigenvalue weighted by Crippen LogP contribution is -2.34. The van der Waals surface area contributed by atoms with Gasteiger partial charge in [-0.25, -0.2) is 9.59 Å². The van der Waals surface area contributed by atoms with Crippen molar-refractivity contribution in [3.63, 3.8) is 0 Å². The first kappa shape index (κ1) is 16.9. The van der Waals surface area contributed by atoms with Gasteiger partial charge in [0.2, 0.25) is 11.8 Å². The van der Waals surface area contributed by atoms with Gasteiger partial charge in [-0.2, -0.15) is 0 Å². The molecule has 21 heavy (non-hydrogen) atoms. The summed E-state index contributed by atoms with van der Waals surface area (Å²) in [5, 5.41) is 5.02. The SMILES string of the molecule is CCOC(=O)[C@@H]1CCC(=O)N1.COC(=O)[C@@H]1CCC(=O)N1. The molecule has 0 aromatic rings. The van der Waals surface area contributed by atoms with Gasteiger partial charge in [0.15, 0.2) is 0 Å². The zero-order chi connectivity index (χ0) is 15.8. The van der Waals surface area contributed by atoms with Crippen LogP contribution in [0.5, 0.6) is 0 Å². The minimum absolute atomic E-state index is 0.0666. The van der Waals surface area contributed by atoms with Crippen LogP contribution in [0.1, 0.15) is 32.6 Å². The van der Waals surface area contributed by atoms with Crippen LogP contribution in [0.4, 0.5) is 0 Å². The van der Waals surface area contributed by atoms with Gasteiger partial charge < -0.3 is 20.1 Å². The summed E-state index contributed by atoms with van der Waals surface area (Å²) in [5.41, 5.74) is 0. The van der Waals surface area contributed by atoms with Crippen molar-refractivity contribution >= 4 is 23.8 Å². The number of carbonyl (C=O) groups excluding carboxylic acids is 4. The van der Waals surface area contributed by atoms with Crippen LogP contribution in [0.2, 0.25) is 0 Å². The van der Waals surface area contributed by atoms with E-state index in [1.165, 1.54) is 7.11 Å². The molecule has 0 unspecified atom stereocenters. The van der Waals surface area contributed by atoms with Gasteiger partial charge in [-0.05, 0) is 19.8 Å². The molecule has 2 fully saturated rings. The Labute approximate surface area is 122 Å². The molecule has 0 spiro atoms. The Balaban J connectivity index is 0.000000211. The number of rotatable bonds is 3. The minimum atomic E-state index is -0.405. The molecule has 8 nitrogen and oxygen atoms in total. The fourth-order valence-electron chi connectivity index (χ4n) is 1.97. The summed E-state index contributed by atoms with van der Waals surface area (Å²) in [7, 11) is 1.31. The number of hydrogen-bond acceptors (Lipinski definition) is 6. The van der Waals surface area contributed by atoms with Crippen LogP contribution in [0.3, 0.4) is 0 Å². The largest absolute Gasteiger partial charge is 0.467 e. The highest BCUT2D eigenvalue weighted by atomic mass is 16.5. The summed E-state index contributed by atoms with van der Waals surface area (Å²) in [6.07, 6.45) is 1.99. The minimum Gasteiger partial charge on any atom is -0.467 e. The molecule has 0 aromatic heterocycles. The van der Waals surface area contributed by atoms with Gasteiger partial charge in [-0.3, -0.25) is 9.59 Å². The van der Waals surface area contributed by atoms with Crippen molar-refractivity contribution in [2.24, 2.45) is 0 Å². The van der Waals surface area contributed by atoms with Crippen LogP contribution in [0, 0.1) is 0 Å². The fraction of sp³-hybridized carbons (Fsp3) is 0.692. The Morgan fingerprint density at radius 2 is 1.52 bits per heavy atom. The van der Waals surface area contributed by atoms with Crippen molar-refractivity contribution in [3.05, 3.63) is 0 Å². The molecule has 2 heterocycles. The standard InChI is InChI=1S/C7H11NO3.C6H9NO3/c1-2-11-7(10)5-3-4-6(9)8-5;1-10-6(9)4-2-3-5(8)7-4/h5H,2-4H2,1H3,(H,8,9);4H,2-3H2,1H3,(H,7,8)/t5-;4-/m00/s1. The Morgan fingerprint density at radius 1 is 1.05 bits per heavy atom. The Bertz CT molecular complexity index is 423. The van der Waals surface area contributed by atoms with Crippen LogP contribution in [0.15, 0.2) is 0 Å². The number of methoxy groups -OCH3 is 1. The lowest BCUT2D eigenvalue weighted by Gasteiger charge is -2.07. The van der Waals surface area contributed by atoms with Crippen LogP contribution < -0.4 is 10.6 Å². The molecule has 2 atom stereocenters. The van der Waals surface area contributed by atoms with Gasteiger partial charge in [-0.1, -0.05) is 0 Å².